The van der Waals surface area contributed by atoms with Crippen LogP contribution in [-0.2, 0) is 103 Å². The summed E-state index contributed by atoms with van der Waals surface area (Å²) in [5.41, 5.74) is 23.7. The van der Waals surface area contributed by atoms with Gasteiger partial charge < -0.3 is 0 Å². The van der Waals surface area contributed by atoms with Crippen LogP contribution >= 0.6 is 136 Å². The Balaban J connectivity index is 0.993. The van der Waals surface area contributed by atoms with E-state index in [1.165, 1.54) is 206 Å². The molecule has 1 aliphatic heterocycles. The van der Waals surface area contributed by atoms with Crippen LogP contribution in [0.5, 0.6) is 0 Å². The van der Waals surface area contributed by atoms with Gasteiger partial charge in [-0.25, -0.2) is 0 Å². The summed E-state index contributed by atoms with van der Waals surface area (Å²) in [5, 5.41) is 0. The molecular weight excluding hydrogens is 1920 g/mol. The fourth-order valence-corrected chi connectivity index (χ4v) is 34.5. The lowest BCUT2D eigenvalue weighted by molar-refractivity contribution is 0.762. The third-order valence-electron chi connectivity index (χ3n) is 27.3. The highest BCUT2D eigenvalue weighted by atomic mass is 32.1. The molecule has 0 aliphatic carbocycles. The quantitative estimate of drug-likeness (QED) is 0.0334. The number of hydrogen-bond donors (Lipinski definition) is 0. The summed E-state index contributed by atoms with van der Waals surface area (Å²) >= 11 is 23.5. The van der Waals surface area contributed by atoms with Crippen molar-refractivity contribution in [1.29, 1.82) is 0 Å². The SMILES string of the molecule is CCCCc1c2sc(c1CCCC)-c1ccc(s1)-c1sc(c(CCCC)c1CCCC)C#CC#Cc1sc(c(CCCC)c1CCCC)-c1ccc(s1)-c1sc(c(CCCC)c1CCCC)C#CC#Cc1sc(c(CCCC)c1CCCC)-c1ccc(s1)-c1sc(c(CCCC)c1CCCC)C#CC#Cc1sc(c(CCCC)c1CCCC)-c1ccc(s1)-c1sc(c(CCCC)c1CCCC)C#CC#C2. The Hall–Kier alpha value is -7.12. The largest absolute Gasteiger partial charge is 0.133 e. The molecule has 0 saturated carbocycles. The molecule has 736 valence electrons. The molecule has 12 aromatic rings. The van der Waals surface area contributed by atoms with Gasteiger partial charge in [-0.1, -0.05) is 214 Å². The van der Waals surface area contributed by atoms with E-state index in [9.17, 15) is 0 Å². The Bertz CT molecular complexity index is 5430. The highest BCUT2D eigenvalue weighted by Crippen LogP contribution is 2.54. The van der Waals surface area contributed by atoms with Crippen LogP contribution in [0.15, 0.2) is 48.5 Å². The van der Waals surface area contributed by atoms with E-state index in [4.69, 9.17) is 0 Å². The lowest BCUT2D eigenvalue weighted by Crippen LogP contribution is -1.95. The highest BCUT2D eigenvalue weighted by Gasteiger charge is 2.31. The summed E-state index contributed by atoms with van der Waals surface area (Å²) < 4.78 is 0. The van der Waals surface area contributed by atoms with Gasteiger partial charge in [0.1, 0.15) is 0 Å². The molecule has 140 heavy (non-hydrogen) atoms. The zero-order chi connectivity index (χ0) is 98.5. The summed E-state index contributed by atoms with van der Waals surface area (Å²) in [5.74, 6) is 59.3. The van der Waals surface area contributed by atoms with Crippen LogP contribution in [0.25, 0.3) is 78.0 Å². The summed E-state index contributed by atoms with van der Waals surface area (Å²) in [6.45, 7) is 37.5. The first-order chi connectivity index (χ1) is 68.8. The Morgan fingerprint density at radius 1 is 0.129 bits per heavy atom. The summed E-state index contributed by atoms with van der Waals surface area (Å²) in [7, 11) is 0. The molecule has 0 N–H and O–H groups in total. The maximum atomic E-state index is 3.83. The zero-order valence-corrected chi connectivity index (χ0v) is 97.3. The Labute approximate surface area is 895 Å². The second-order valence-electron chi connectivity index (χ2n) is 38.1. The summed E-state index contributed by atoms with van der Waals surface area (Å²) in [6.07, 6.45) is 53.3. The van der Waals surface area contributed by atoms with Crippen molar-refractivity contribution < 1.29 is 0 Å². The van der Waals surface area contributed by atoms with Crippen LogP contribution < -0.4 is 0 Å². The molecule has 0 unspecified atom stereocenters. The Morgan fingerprint density at radius 3 is 0.314 bits per heavy atom. The van der Waals surface area contributed by atoms with E-state index in [-0.39, 0.29) is 0 Å². The Morgan fingerprint density at radius 2 is 0.221 bits per heavy atom. The minimum absolute atomic E-state index is 1.03. The molecule has 0 nitrogen and oxygen atoms in total. The van der Waals surface area contributed by atoms with Gasteiger partial charge in [-0.15, -0.1) is 136 Å². The summed E-state index contributed by atoms with van der Waals surface area (Å²) in [6, 6.07) is 19.6. The fraction of sp³-hybridized carbons (Fsp3) is 0.500. The predicted molar refractivity (Wildman–Crippen MR) is 637 cm³/mol. The van der Waals surface area contributed by atoms with Gasteiger partial charge in [0.05, 0.1) is 39.0 Å². The van der Waals surface area contributed by atoms with Crippen LogP contribution in [-0.4, -0.2) is 0 Å². The average Bonchev–Trinajstić information content (AvgIpc) is 1.63. The van der Waals surface area contributed by atoms with Crippen molar-refractivity contribution in [3.8, 4) is 173 Å². The first kappa shape index (κ1) is 110. The maximum Gasteiger partial charge on any atom is 0.0820 e. The number of thiophene rings is 12. The van der Waals surface area contributed by atoms with Crippen LogP contribution in [0.1, 0.15) is 444 Å². The summed E-state index contributed by atoms with van der Waals surface area (Å²) in [4.78, 5) is 31.8. The molecule has 1 aliphatic rings. The molecule has 13 heterocycles. The topological polar surface area (TPSA) is 0 Å². The zero-order valence-electron chi connectivity index (χ0n) is 87.5. The number of fused-ring (bicyclic) bond motifs is 32. The lowest BCUT2D eigenvalue weighted by atomic mass is 9.97. The van der Waals surface area contributed by atoms with Crippen molar-refractivity contribution in [1.82, 2.24) is 0 Å². The highest BCUT2D eigenvalue weighted by molar-refractivity contribution is 7.29. The van der Waals surface area contributed by atoms with Gasteiger partial charge in [0, 0.05) is 78.0 Å². The van der Waals surface area contributed by atoms with Gasteiger partial charge in [-0.05, 0) is 438 Å². The standard InChI is InChI=1S/C128H152S12/c1-17-33-57-89-97(65-41-25-9)121-113-81-82-114(129-113)122-98(66-42-26-10)91(59-35-19-3)107(135-122)75-51-52-76-108-93(61-37-21-5)101(69-45-29-13)125(137-108)117-85-86-118(131-117)126-102(70-46-30-14)95(63-39-23-7)111(139-126)79-55-56-80-112-96(64-40-24-8)104(72-48-32-16)128(140-112)120-88-87-119(132-120)127-103(71-47-31-15)94(62-38-22-6)110(138-127)78-54-53-77-109-92(60-36-20-4)100(68-44-28-12)124(136-109)116-84-83-115(130-116)123-99(67-43-27-11)90(58-34-18-2)106(134-123)74-50-49-73-105(89)133-121/h81-88H,17-48,57-72H2,1-16H3. The van der Waals surface area contributed by atoms with Gasteiger partial charge in [-0.3, -0.25) is 0 Å². The van der Waals surface area contributed by atoms with Crippen LogP contribution in [0, 0.1) is 94.7 Å². The number of rotatable bonds is 48. The molecule has 0 fully saturated rings. The van der Waals surface area contributed by atoms with Crippen molar-refractivity contribution in [2.24, 2.45) is 0 Å². The van der Waals surface area contributed by atoms with Crippen molar-refractivity contribution in [3.05, 3.63) is 177 Å². The second kappa shape index (κ2) is 58.3. The van der Waals surface area contributed by atoms with Gasteiger partial charge in [0.15, 0.2) is 0 Å². The van der Waals surface area contributed by atoms with E-state index in [1.807, 2.05) is 136 Å². The van der Waals surface area contributed by atoms with Crippen molar-refractivity contribution in [2.75, 3.05) is 0 Å². The minimum Gasteiger partial charge on any atom is -0.133 e. The molecule has 0 radical (unpaired) electrons. The van der Waals surface area contributed by atoms with Crippen LogP contribution in [0.2, 0.25) is 0 Å². The minimum atomic E-state index is 1.03. The first-order valence-corrected chi connectivity index (χ1v) is 64.3. The van der Waals surface area contributed by atoms with E-state index in [0.29, 0.717) is 0 Å². The van der Waals surface area contributed by atoms with Gasteiger partial charge in [-0.2, -0.15) is 0 Å². The molecular formula is C128H152S12. The van der Waals surface area contributed by atoms with E-state index >= 15 is 0 Å². The second-order valence-corrected chi connectivity index (χ2v) is 50.6. The predicted octanol–water partition coefficient (Wildman–Crippen LogP) is 41.2. The van der Waals surface area contributed by atoms with Crippen LogP contribution in [0.4, 0.5) is 0 Å². The molecule has 0 saturated heterocycles. The molecule has 0 spiro atoms. The first-order valence-electron chi connectivity index (χ1n) is 54.5. The van der Waals surface area contributed by atoms with E-state index < -0.39 is 0 Å². The van der Waals surface area contributed by atoms with Crippen molar-refractivity contribution >= 4 is 136 Å². The van der Waals surface area contributed by atoms with Gasteiger partial charge in [0.2, 0.25) is 0 Å². The van der Waals surface area contributed by atoms with E-state index in [2.05, 4.69) is 254 Å². The number of unbranched alkanes of at least 4 members (excludes halogenated alkanes) is 16. The van der Waals surface area contributed by atoms with Crippen molar-refractivity contribution in [2.45, 2.75) is 419 Å². The molecule has 0 atom stereocenters. The van der Waals surface area contributed by atoms with Crippen molar-refractivity contribution in [3.63, 3.8) is 0 Å². The normalized spacial score (nSPS) is 11.7. The molecule has 13 rings (SSSR count). The monoisotopic (exact) mass is 2070 g/mol. The molecule has 0 aromatic carbocycles. The Kier molecular flexibility index (Phi) is 45.8. The molecule has 0 amide bonds. The third kappa shape index (κ3) is 28.0. The number of hydrogen-bond acceptors (Lipinski definition) is 12. The van der Waals surface area contributed by atoms with Gasteiger partial charge in [0.25, 0.3) is 0 Å². The smallest absolute Gasteiger partial charge is 0.0820 e. The van der Waals surface area contributed by atoms with E-state index in [1.54, 1.807) is 0 Å². The molecule has 12 aromatic heterocycles. The van der Waals surface area contributed by atoms with E-state index in [0.717, 1.165) is 308 Å². The molecule has 24 bridgehead atoms. The molecule has 12 heteroatoms. The average molecular weight is 2080 g/mol. The maximum absolute atomic E-state index is 3.83. The fourth-order valence-electron chi connectivity index (χ4n) is 19.3. The van der Waals surface area contributed by atoms with Crippen LogP contribution in [0.3, 0.4) is 0 Å². The van der Waals surface area contributed by atoms with Gasteiger partial charge >= 0.3 is 0 Å². The lowest BCUT2D eigenvalue weighted by Gasteiger charge is -2.07. The third-order valence-corrected chi connectivity index (χ3v) is 42.6.